The molecule has 0 unspecified atom stereocenters. The number of benzene rings is 1. The van der Waals surface area contributed by atoms with Crippen molar-refractivity contribution in [1.82, 2.24) is 30.0 Å². The first-order chi connectivity index (χ1) is 10.1. The van der Waals surface area contributed by atoms with E-state index in [0.717, 1.165) is 11.3 Å². The number of hydrogen-bond acceptors (Lipinski definition) is 5. The number of tetrazole rings is 1. The molecule has 8 heteroatoms. The Balaban J connectivity index is 2.11. The Labute approximate surface area is 126 Å². The summed E-state index contributed by atoms with van der Waals surface area (Å²) >= 11 is 5.09. The number of aromatic nitrogens is 6. The molecule has 0 aliphatic heterocycles. The minimum Gasteiger partial charge on any atom is -0.389 e. The SMILES string of the molecule is Cc1nn(C)c(-n2nnc(-c3ccccc3)n2)c1C(N)=S. The lowest BCUT2D eigenvalue weighted by Gasteiger charge is -2.02. The van der Waals surface area contributed by atoms with Gasteiger partial charge < -0.3 is 5.73 Å². The monoisotopic (exact) mass is 299 g/mol. The quantitative estimate of drug-likeness (QED) is 0.726. The summed E-state index contributed by atoms with van der Waals surface area (Å²) in [6.45, 7) is 1.84. The van der Waals surface area contributed by atoms with Gasteiger partial charge in [0.1, 0.15) is 4.99 Å². The minimum atomic E-state index is 0.258. The molecule has 0 spiro atoms. The molecule has 2 N–H and O–H groups in total. The summed E-state index contributed by atoms with van der Waals surface area (Å²) < 4.78 is 1.64. The lowest BCUT2D eigenvalue weighted by Crippen LogP contribution is -2.16. The molecule has 0 aliphatic carbocycles. The summed E-state index contributed by atoms with van der Waals surface area (Å²) in [5, 5.41) is 16.8. The number of thiocarbonyl (C=S) groups is 1. The van der Waals surface area contributed by atoms with Crippen molar-refractivity contribution >= 4 is 17.2 Å². The van der Waals surface area contributed by atoms with E-state index in [1.54, 1.807) is 11.7 Å². The lowest BCUT2D eigenvalue weighted by atomic mass is 10.2. The molecule has 21 heavy (non-hydrogen) atoms. The molecule has 106 valence electrons. The highest BCUT2D eigenvalue weighted by Crippen LogP contribution is 2.18. The van der Waals surface area contributed by atoms with Crippen LogP contribution in [0.15, 0.2) is 30.3 Å². The molecule has 0 aliphatic rings. The topological polar surface area (TPSA) is 87.4 Å². The third-order valence-electron chi connectivity index (χ3n) is 3.07. The van der Waals surface area contributed by atoms with E-state index in [1.165, 1.54) is 4.80 Å². The molecule has 0 saturated heterocycles. The smallest absolute Gasteiger partial charge is 0.205 e. The zero-order valence-corrected chi connectivity index (χ0v) is 12.4. The van der Waals surface area contributed by atoms with Crippen molar-refractivity contribution < 1.29 is 0 Å². The van der Waals surface area contributed by atoms with E-state index in [1.807, 2.05) is 37.3 Å². The predicted molar refractivity (Wildman–Crippen MR) is 82.0 cm³/mol. The van der Waals surface area contributed by atoms with Gasteiger partial charge in [-0.15, -0.1) is 15.0 Å². The van der Waals surface area contributed by atoms with Crippen molar-refractivity contribution in [2.24, 2.45) is 12.8 Å². The number of hydrogen-bond donors (Lipinski definition) is 1. The average Bonchev–Trinajstić information content (AvgIpc) is 3.04. The normalized spacial score (nSPS) is 10.8. The van der Waals surface area contributed by atoms with Gasteiger partial charge in [-0.05, 0) is 12.1 Å². The van der Waals surface area contributed by atoms with E-state index in [-0.39, 0.29) is 4.99 Å². The van der Waals surface area contributed by atoms with Crippen LogP contribution in [0.3, 0.4) is 0 Å². The predicted octanol–water partition coefficient (Wildman–Crippen LogP) is 1.01. The van der Waals surface area contributed by atoms with Crippen LogP contribution in [0, 0.1) is 6.92 Å². The second kappa shape index (κ2) is 5.06. The molecule has 3 aromatic rings. The Morgan fingerprint density at radius 2 is 1.90 bits per heavy atom. The molecule has 0 bridgehead atoms. The third-order valence-corrected chi connectivity index (χ3v) is 3.28. The van der Waals surface area contributed by atoms with Crippen LogP contribution < -0.4 is 5.73 Å². The molecule has 7 nitrogen and oxygen atoms in total. The Kier molecular flexibility index (Phi) is 3.22. The van der Waals surface area contributed by atoms with Crippen molar-refractivity contribution in [3.8, 4) is 17.2 Å². The molecule has 2 aromatic heterocycles. The summed E-state index contributed by atoms with van der Waals surface area (Å²) in [4.78, 5) is 1.66. The fourth-order valence-electron chi connectivity index (χ4n) is 2.17. The standard InChI is InChI=1S/C13H13N7S/c1-8-10(11(14)21)13(19(2)16-8)20-17-12(15-18-20)9-6-4-3-5-7-9/h3-7H,1-2H3,(H2,14,21). The first kappa shape index (κ1) is 13.4. The van der Waals surface area contributed by atoms with Gasteiger partial charge in [-0.1, -0.05) is 42.5 Å². The highest BCUT2D eigenvalue weighted by Gasteiger charge is 2.20. The first-order valence-corrected chi connectivity index (χ1v) is 6.68. The molecule has 0 amide bonds. The second-order valence-electron chi connectivity index (χ2n) is 4.54. The summed E-state index contributed by atoms with van der Waals surface area (Å²) in [5.74, 6) is 1.14. The van der Waals surface area contributed by atoms with Crippen molar-refractivity contribution in [2.75, 3.05) is 0 Å². The van der Waals surface area contributed by atoms with Gasteiger partial charge in [-0.2, -0.15) is 5.10 Å². The van der Waals surface area contributed by atoms with E-state index in [4.69, 9.17) is 18.0 Å². The molecule has 3 rings (SSSR count). The van der Waals surface area contributed by atoms with Crippen molar-refractivity contribution in [3.63, 3.8) is 0 Å². The van der Waals surface area contributed by atoms with Gasteiger partial charge in [0.05, 0.1) is 11.3 Å². The molecule has 0 saturated carbocycles. The van der Waals surface area contributed by atoms with Crippen LogP contribution in [0.1, 0.15) is 11.3 Å². The van der Waals surface area contributed by atoms with Gasteiger partial charge in [-0.3, -0.25) is 0 Å². The largest absolute Gasteiger partial charge is 0.389 e. The molecule has 0 atom stereocenters. The third kappa shape index (κ3) is 2.29. The maximum Gasteiger partial charge on any atom is 0.205 e. The van der Waals surface area contributed by atoms with Crippen LogP contribution in [0.5, 0.6) is 0 Å². The van der Waals surface area contributed by atoms with Gasteiger partial charge in [0, 0.05) is 12.6 Å². The van der Waals surface area contributed by atoms with Gasteiger partial charge in [-0.25, -0.2) is 4.68 Å². The van der Waals surface area contributed by atoms with Crippen LogP contribution in [0.4, 0.5) is 0 Å². The van der Waals surface area contributed by atoms with Gasteiger partial charge in [0.2, 0.25) is 5.82 Å². The van der Waals surface area contributed by atoms with Crippen LogP contribution in [-0.4, -0.2) is 35.0 Å². The minimum absolute atomic E-state index is 0.258. The second-order valence-corrected chi connectivity index (χ2v) is 4.98. The first-order valence-electron chi connectivity index (χ1n) is 6.27. The fourth-order valence-corrected chi connectivity index (χ4v) is 2.41. The van der Waals surface area contributed by atoms with Crippen LogP contribution in [0.2, 0.25) is 0 Å². The Morgan fingerprint density at radius 1 is 1.19 bits per heavy atom. The van der Waals surface area contributed by atoms with E-state index < -0.39 is 0 Å². The fraction of sp³-hybridized carbons (Fsp3) is 0.154. The molecular formula is C13H13N7S. The highest BCUT2D eigenvalue weighted by molar-refractivity contribution is 7.80. The number of rotatable bonds is 3. The molecule has 2 heterocycles. The van der Waals surface area contributed by atoms with Crippen LogP contribution >= 0.6 is 12.2 Å². The Bertz CT molecular complexity index is 803. The van der Waals surface area contributed by atoms with Gasteiger partial charge in [0.15, 0.2) is 5.82 Å². The van der Waals surface area contributed by atoms with E-state index in [2.05, 4.69) is 20.5 Å². The van der Waals surface area contributed by atoms with E-state index in [0.29, 0.717) is 17.2 Å². The highest BCUT2D eigenvalue weighted by atomic mass is 32.1. The maximum absolute atomic E-state index is 5.77. The van der Waals surface area contributed by atoms with E-state index in [9.17, 15) is 0 Å². The summed E-state index contributed by atoms with van der Waals surface area (Å²) in [7, 11) is 1.79. The molecule has 0 radical (unpaired) electrons. The molecular weight excluding hydrogens is 286 g/mol. The zero-order valence-electron chi connectivity index (χ0n) is 11.6. The Hall–Kier alpha value is -2.61. The Morgan fingerprint density at radius 3 is 2.57 bits per heavy atom. The van der Waals surface area contributed by atoms with Gasteiger partial charge >= 0.3 is 0 Å². The van der Waals surface area contributed by atoms with Gasteiger partial charge in [0.25, 0.3) is 0 Å². The van der Waals surface area contributed by atoms with Crippen molar-refractivity contribution in [3.05, 3.63) is 41.6 Å². The van der Waals surface area contributed by atoms with Crippen LogP contribution in [-0.2, 0) is 7.05 Å². The summed E-state index contributed by atoms with van der Waals surface area (Å²) in [6, 6.07) is 9.62. The zero-order chi connectivity index (χ0) is 15.0. The molecule has 0 fully saturated rings. The van der Waals surface area contributed by atoms with E-state index >= 15 is 0 Å². The summed E-state index contributed by atoms with van der Waals surface area (Å²) in [6.07, 6.45) is 0. The summed E-state index contributed by atoms with van der Waals surface area (Å²) in [5.41, 5.74) is 8.05. The molecule has 1 aromatic carbocycles. The average molecular weight is 299 g/mol. The number of aryl methyl sites for hydroxylation is 2. The maximum atomic E-state index is 5.77. The lowest BCUT2D eigenvalue weighted by molar-refractivity contribution is 0.632. The van der Waals surface area contributed by atoms with Crippen molar-refractivity contribution in [2.45, 2.75) is 6.92 Å². The number of nitrogens with two attached hydrogens (primary N) is 1. The van der Waals surface area contributed by atoms with Crippen LogP contribution in [0.25, 0.3) is 17.2 Å². The number of nitrogens with zero attached hydrogens (tertiary/aromatic N) is 6. The van der Waals surface area contributed by atoms with Crippen molar-refractivity contribution in [1.29, 1.82) is 0 Å².